The summed E-state index contributed by atoms with van der Waals surface area (Å²) in [6.07, 6.45) is 0.387. The van der Waals surface area contributed by atoms with E-state index in [9.17, 15) is 26.4 Å². The lowest BCUT2D eigenvalue weighted by Gasteiger charge is -2.36. The summed E-state index contributed by atoms with van der Waals surface area (Å²) in [7, 11) is -8.35. The van der Waals surface area contributed by atoms with Gasteiger partial charge in [0.15, 0.2) is 0 Å². The zero-order valence-electron chi connectivity index (χ0n) is 30.5. The number of piperazine rings is 1. The highest BCUT2D eigenvalue weighted by molar-refractivity contribution is 7.90. The topological polar surface area (TPSA) is 190 Å². The maximum Gasteiger partial charge on any atom is 0.409 e. The minimum Gasteiger partial charge on any atom is -0.487 e. The number of hydrogen-bond donors (Lipinski definition) is 3. The van der Waals surface area contributed by atoms with Gasteiger partial charge in [0, 0.05) is 44.7 Å². The van der Waals surface area contributed by atoms with Gasteiger partial charge in [-0.3, -0.25) is 4.79 Å². The van der Waals surface area contributed by atoms with Crippen LogP contribution in [0.2, 0.25) is 0 Å². The van der Waals surface area contributed by atoms with E-state index in [0.717, 1.165) is 21.9 Å². The van der Waals surface area contributed by atoms with Crippen molar-refractivity contribution < 1.29 is 35.9 Å². The molecule has 1 fully saturated rings. The molecule has 52 heavy (non-hydrogen) atoms. The Kier molecular flexibility index (Phi) is 11.4. The van der Waals surface area contributed by atoms with Crippen molar-refractivity contribution >= 4 is 48.8 Å². The average Bonchev–Trinajstić information content (AvgIpc) is 3.43. The van der Waals surface area contributed by atoms with Crippen molar-refractivity contribution in [2.45, 2.75) is 82.2 Å². The number of rotatable bonds is 11. The second kappa shape index (κ2) is 15.3. The summed E-state index contributed by atoms with van der Waals surface area (Å²) < 4.78 is 72.0. The molecule has 2 aliphatic rings. The van der Waals surface area contributed by atoms with Crippen LogP contribution in [0.15, 0.2) is 56.7 Å². The Morgan fingerprint density at radius 1 is 0.962 bits per heavy atom. The quantitative estimate of drug-likeness (QED) is 0.148. The molecule has 0 bridgehead atoms. The van der Waals surface area contributed by atoms with Gasteiger partial charge >= 0.3 is 6.09 Å². The SMILES string of the molecule is CCOC(=O)N1CCN(C(=O)[C@H](CCCN/C(N)=N/S(=O)(=O)c2c(C)c(C)c3c(c2C)CC(C)(C)O3)NS(=O)(=O)c2ccc3ccccc3c2)CC1. The Hall–Kier alpha value is -4.41. The molecule has 1 saturated heterocycles. The normalized spacial score (nSPS) is 16.7. The summed E-state index contributed by atoms with van der Waals surface area (Å²) >= 11 is 0. The minimum atomic E-state index is -4.21. The Balaban J connectivity index is 1.29. The molecule has 3 aromatic carbocycles. The van der Waals surface area contributed by atoms with Crippen molar-refractivity contribution in [1.29, 1.82) is 0 Å². The number of guanidine groups is 1. The number of carbonyl (C=O) groups is 2. The van der Waals surface area contributed by atoms with E-state index in [-0.39, 0.29) is 67.9 Å². The average molecular weight is 757 g/mol. The van der Waals surface area contributed by atoms with Crippen molar-refractivity contribution in [2.24, 2.45) is 10.1 Å². The van der Waals surface area contributed by atoms with Crippen molar-refractivity contribution in [3.63, 3.8) is 0 Å². The summed E-state index contributed by atoms with van der Waals surface area (Å²) in [5.74, 6) is -0.0688. The lowest BCUT2D eigenvalue weighted by Crippen LogP contribution is -2.56. The van der Waals surface area contributed by atoms with Crippen LogP contribution in [0.25, 0.3) is 10.8 Å². The van der Waals surface area contributed by atoms with Gasteiger partial charge in [-0.1, -0.05) is 30.3 Å². The van der Waals surface area contributed by atoms with Crippen LogP contribution in [-0.2, 0) is 36.0 Å². The first-order valence-corrected chi connectivity index (χ1v) is 20.2. The van der Waals surface area contributed by atoms with Crippen LogP contribution < -0.4 is 20.5 Å². The van der Waals surface area contributed by atoms with Gasteiger partial charge in [0.05, 0.1) is 16.4 Å². The smallest absolute Gasteiger partial charge is 0.409 e. The minimum absolute atomic E-state index is 0.0124. The van der Waals surface area contributed by atoms with Gasteiger partial charge in [-0.15, -0.1) is 4.40 Å². The first kappa shape index (κ1) is 38.8. The number of carbonyl (C=O) groups excluding carboxylic acids is 2. The van der Waals surface area contributed by atoms with Crippen LogP contribution in [0.1, 0.15) is 55.9 Å². The number of fused-ring (bicyclic) bond motifs is 2. The fourth-order valence-electron chi connectivity index (χ4n) is 6.73. The predicted molar refractivity (Wildman–Crippen MR) is 198 cm³/mol. The molecule has 5 rings (SSSR count). The van der Waals surface area contributed by atoms with Crippen molar-refractivity contribution in [2.75, 3.05) is 39.3 Å². The highest BCUT2D eigenvalue weighted by atomic mass is 32.2. The number of benzene rings is 3. The summed E-state index contributed by atoms with van der Waals surface area (Å²) in [6, 6.07) is 10.9. The Morgan fingerprint density at radius 3 is 2.29 bits per heavy atom. The molecule has 0 saturated carbocycles. The van der Waals surface area contributed by atoms with Crippen molar-refractivity contribution in [3.05, 3.63) is 64.7 Å². The molecule has 0 aromatic heterocycles. The molecule has 16 heteroatoms. The molecule has 282 valence electrons. The van der Waals surface area contributed by atoms with Gasteiger partial charge in [-0.2, -0.15) is 13.1 Å². The van der Waals surface area contributed by atoms with E-state index >= 15 is 0 Å². The lowest BCUT2D eigenvalue weighted by molar-refractivity contribution is -0.134. The Bertz CT molecular complexity index is 2110. The zero-order valence-corrected chi connectivity index (χ0v) is 32.1. The molecule has 0 spiro atoms. The van der Waals surface area contributed by atoms with Gasteiger partial charge in [0.25, 0.3) is 10.0 Å². The molecule has 0 unspecified atom stereocenters. The first-order valence-electron chi connectivity index (χ1n) is 17.3. The van der Waals surface area contributed by atoms with Gasteiger partial charge < -0.3 is 30.3 Å². The standard InChI is InChI=1S/C36H48N6O8S2/c1-7-49-35(44)42-19-17-41(18-20-42)33(43)30(39-51(45,46)28-15-14-26-11-8-9-12-27(26)21-28)13-10-16-38-34(37)40-52(47,48)32-24(3)23(2)31-29(25(32)4)22-36(5,6)50-31/h8-9,11-12,14-15,21,30,39H,7,10,13,16-20,22H2,1-6H3,(H3,37,38,40)/t30-/m0/s1. The number of ether oxygens (including phenoxy) is 2. The molecule has 4 N–H and O–H groups in total. The number of nitrogens with zero attached hydrogens (tertiary/aromatic N) is 3. The van der Waals surface area contributed by atoms with Gasteiger partial charge in [-0.05, 0) is 94.0 Å². The summed E-state index contributed by atoms with van der Waals surface area (Å²) in [4.78, 5) is 29.1. The van der Waals surface area contributed by atoms with Gasteiger partial charge in [0.1, 0.15) is 17.4 Å². The lowest BCUT2D eigenvalue weighted by atomic mass is 9.94. The first-order chi connectivity index (χ1) is 24.4. The number of nitrogens with two attached hydrogens (primary N) is 1. The molecule has 0 aliphatic carbocycles. The van der Waals surface area contributed by atoms with E-state index in [4.69, 9.17) is 15.2 Å². The van der Waals surface area contributed by atoms with Crippen LogP contribution in [0.5, 0.6) is 5.75 Å². The molecule has 1 atom stereocenters. The van der Waals surface area contributed by atoms with Crippen LogP contribution >= 0.6 is 0 Å². The van der Waals surface area contributed by atoms with Gasteiger partial charge in [-0.25, -0.2) is 13.2 Å². The van der Waals surface area contributed by atoms with E-state index in [1.807, 2.05) is 39.0 Å². The van der Waals surface area contributed by atoms with Crippen LogP contribution in [-0.4, -0.2) is 95.6 Å². The molecule has 3 aromatic rings. The van der Waals surface area contributed by atoms with E-state index in [1.165, 1.54) is 15.9 Å². The largest absolute Gasteiger partial charge is 0.487 e. The number of hydrogen-bond acceptors (Lipinski definition) is 8. The molecule has 14 nitrogen and oxygen atoms in total. The number of nitrogens with one attached hydrogen (secondary N) is 2. The second-order valence-corrected chi connectivity index (χ2v) is 17.0. The predicted octanol–water partition coefficient (Wildman–Crippen LogP) is 3.50. The van der Waals surface area contributed by atoms with Crippen molar-refractivity contribution in [3.8, 4) is 5.75 Å². The fraction of sp³-hybridized carbons (Fsp3) is 0.472. The van der Waals surface area contributed by atoms with E-state index < -0.39 is 43.7 Å². The van der Waals surface area contributed by atoms with Crippen LogP contribution in [0, 0.1) is 20.8 Å². The highest BCUT2D eigenvalue weighted by Crippen LogP contribution is 2.44. The summed E-state index contributed by atoms with van der Waals surface area (Å²) in [5.41, 5.74) is 8.28. The van der Waals surface area contributed by atoms with E-state index in [1.54, 1.807) is 39.0 Å². The van der Waals surface area contributed by atoms with Crippen molar-refractivity contribution in [1.82, 2.24) is 19.8 Å². The molecule has 2 aliphatic heterocycles. The molecular weight excluding hydrogens is 709 g/mol. The van der Waals surface area contributed by atoms with Crippen LogP contribution in [0.3, 0.4) is 0 Å². The zero-order chi connectivity index (χ0) is 38.0. The highest BCUT2D eigenvalue weighted by Gasteiger charge is 2.37. The fourth-order valence-corrected chi connectivity index (χ4v) is 9.45. The maximum atomic E-state index is 13.8. The van der Waals surface area contributed by atoms with Gasteiger partial charge in [0.2, 0.25) is 21.9 Å². The second-order valence-electron chi connectivity index (χ2n) is 13.8. The molecule has 2 amide bonds. The molecule has 2 heterocycles. The Labute approximate surface area is 305 Å². The third-order valence-electron chi connectivity index (χ3n) is 9.49. The monoisotopic (exact) mass is 756 g/mol. The molecular formula is C36H48N6O8S2. The van der Waals surface area contributed by atoms with E-state index in [2.05, 4.69) is 14.4 Å². The maximum absolute atomic E-state index is 13.8. The Morgan fingerprint density at radius 2 is 1.62 bits per heavy atom. The summed E-state index contributed by atoms with van der Waals surface area (Å²) in [6.45, 7) is 12.1. The van der Waals surface area contributed by atoms with Crippen LogP contribution in [0.4, 0.5) is 4.79 Å². The number of amides is 2. The third kappa shape index (κ3) is 8.45. The third-order valence-corrected chi connectivity index (χ3v) is 12.5. The summed E-state index contributed by atoms with van der Waals surface area (Å²) in [5, 5.41) is 4.41. The number of sulfonamides is 2. The molecule has 0 radical (unpaired) electrons. The van der Waals surface area contributed by atoms with E-state index in [0.29, 0.717) is 23.3 Å².